The van der Waals surface area contributed by atoms with Gasteiger partial charge in [0.05, 0.1) is 0 Å². The number of piperidine rings is 1. The largest absolute Gasteiger partial charge is 0.322 e. The Morgan fingerprint density at radius 1 is 1.19 bits per heavy atom. The van der Waals surface area contributed by atoms with Crippen molar-refractivity contribution >= 4 is 17.7 Å². The van der Waals surface area contributed by atoms with E-state index in [-0.39, 0.29) is 36.2 Å². The number of carbonyl (C=O) groups is 3. The lowest BCUT2D eigenvalue weighted by molar-refractivity contribution is -0.136. The third kappa shape index (κ3) is 4.72. The quantitative estimate of drug-likeness (QED) is 0.662. The molecule has 3 aliphatic rings. The molecule has 2 aliphatic heterocycles. The van der Waals surface area contributed by atoms with Crippen LogP contribution in [-0.2, 0) is 22.6 Å². The zero-order valence-electron chi connectivity index (χ0n) is 19.2. The van der Waals surface area contributed by atoms with Crippen LogP contribution in [0, 0.1) is 5.92 Å². The monoisotopic (exact) mass is 443 g/mol. The highest BCUT2D eigenvalue weighted by Crippen LogP contribution is 2.32. The summed E-state index contributed by atoms with van der Waals surface area (Å²) in [6.07, 6.45) is 6.02. The van der Waals surface area contributed by atoms with Gasteiger partial charge in [0, 0.05) is 30.6 Å². The first-order valence-electron chi connectivity index (χ1n) is 11.8. The number of amides is 3. The summed E-state index contributed by atoms with van der Waals surface area (Å²) in [4.78, 5) is 38.2. The van der Waals surface area contributed by atoms with Crippen LogP contribution in [0.25, 0.3) is 0 Å². The molecule has 32 heavy (non-hydrogen) atoms. The van der Waals surface area contributed by atoms with Crippen LogP contribution in [-0.4, -0.2) is 46.4 Å². The minimum atomic E-state index is -1.27. The number of nitrogens with zero attached hydrogens (tertiary/aromatic N) is 1. The van der Waals surface area contributed by atoms with Gasteiger partial charge in [-0.05, 0) is 69.6 Å². The Bertz CT molecular complexity index is 910. The van der Waals surface area contributed by atoms with Gasteiger partial charge in [0.15, 0.2) is 0 Å². The molecule has 1 aliphatic carbocycles. The average Bonchev–Trinajstić information content (AvgIpc) is 3.04. The Hall–Kier alpha value is -2.28. The maximum absolute atomic E-state index is 14.4. The molecule has 4 atom stereocenters. The smallest absolute Gasteiger partial charge is 0.255 e. The maximum atomic E-state index is 14.4. The van der Waals surface area contributed by atoms with E-state index in [1.807, 2.05) is 19.1 Å². The van der Waals surface area contributed by atoms with Gasteiger partial charge in [0.25, 0.3) is 5.91 Å². The molecule has 1 saturated carbocycles. The summed E-state index contributed by atoms with van der Waals surface area (Å²) in [6, 6.07) is 5.45. The predicted molar refractivity (Wildman–Crippen MR) is 120 cm³/mol. The zero-order chi connectivity index (χ0) is 23.0. The number of nitrogens with one attached hydrogen (secondary N) is 2. The lowest BCUT2D eigenvalue weighted by Crippen LogP contribution is -2.52. The minimum Gasteiger partial charge on any atom is -0.322 e. The van der Waals surface area contributed by atoms with Crippen molar-refractivity contribution in [3.8, 4) is 0 Å². The van der Waals surface area contributed by atoms with Crippen molar-refractivity contribution < 1.29 is 18.8 Å². The van der Waals surface area contributed by atoms with E-state index in [0.29, 0.717) is 24.4 Å². The van der Waals surface area contributed by atoms with E-state index < -0.39 is 11.7 Å². The summed E-state index contributed by atoms with van der Waals surface area (Å²) in [7, 11) is 0. The van der Waals surface area contributed by atoms with E-state index in [1.54, 1.807) is 18.7 Å². The Morgan fingerprint density at radius 3 is 2.66 bits per heavy atom. The molecule has 2 fully saturated rings. The van der Waals surface area contributed by atoms with Gasteiger partial charge in [0.2, 0.25) is 11.8 Å². The van der Waals surface area contributed by atoms with Gasteiger partial charge >= 0.3 is 0 Å². The van der Waals surface area contributed by atoms with Crippen molar-refractivity contribution in [2.75, 3.05) is 0 Å². The number of halogens is 1. The van der Waals surface area contributed by atoms with Crippen LogP contribution >= 0.6 is 0 Å². The van der Waals surface area contributed by atoms with Crippen LogP contribution in [0.5, 0.6) is 0 Å². The number of hydrogen-bond acceptors (Lipinski definition) is 4. The fourth-order valence-electron chi connectivity index (χ4n) is 5.25. The van der Waals surface area contributed by atoms with Gasteiger partial charge in [-0.3, -0.25) is 19.7 Å². The number of imide groups is 1. The molecule has 0 spiro atoms. The highest BCUT2D eigenvalue weighted by Gasteiger charge is 2.39. The molecule has 0 bridgehead atoms. The molecule has 2 N–H and O–H groups in total. The fourth-order valence-corrected chi connectivity index (χ4v) is 5.25. The number of carbonyl (C=O) groups excluding carboxylic acids is 3. The average molecular weight is 444 g/mol. The molecule has 6 nitrogen and oxygen atoms in total. The standard InChI is InChI=1S/C25H34FN3O3/c1-15(25(2,3)26)27-20-7-5-4-6-17(20)12-16-8-9-19-18(13-16)14-29(24(19)32)21-10-11-22(30)28-23(21)31/h8-9,13,15,17,20-21,27H,4-7,10-12,14H2,1-3H3,(H,28,30,31)/t15-,17-,20+,21?/m1/s1. The molecule has 1 aromatic rings. The molecular weight excluding hydrogens is 409 g/mol. The normalized spacial score (nSPS) is 27.3. The van der Waals surface area contributed by atoms with Crippen LogP contribution in [0.4, 0.5) is 4.39 Å². The third-order valence-corrected chi connectivity index (χ3v) is 7.49. The van der Waals surface area contributed by atoms with Gasteiger partial charge in [-0.25, -0.2) is 4.39 Å². The molecule has 1 saturated heterocycles. The van der Waals surface area contributed by atoms with E-state index in [2.05, 4.69) is 16.7 Å². The molecule has 174 valence electrons. The predicted octanol–water partition coefficient (Wildman–Crippen LogP) is 3.28. The van der Waals surface area contributed by atoms with Gasteiger partial charge in [-0.1, -0.05) is 25.0 Å². The second-order valence-corrected chi connectivity index (χ2v) is 10.2. The molecule has 3 amide bonds. The molecular formula is C25H34FN3O3. The number of fused-ring (bicyclic) bond motifs is 1. The Kier molecular flexibility index (Phi) is 6.39. The van der Waals surface area contributed by atoms with Crippen molar-refractivity contribution in [3.63, 3.8) is 0 Å². The Morgan fingerprint density at radius 2 is 1.94 bits per heavy atom. The first-order valence-corrected chi connectivity index (χ1v) is 11.8. The van der Waals surface area contributed by atoms with E-state index in [4.69, 9.17) is 0 Å². The number of rotatable bonds is 6. The molecule has 7 heteroatoms. The minimum absolute atomic E-state index is 0.141. The summed E-state index contributed by atoms with van der Waals surface area (Å²) in [5.41, 5.74) is 1.49. The maximum Gasteiger partial charge on any atom is 0.255 e. The fraction of sp³-hybridized carbons (Fsp3) is 0.640. The van der Waals surface area contributed by atoms with Crippen LogP contribution in [0.3, 0.4) is 0 Å². The lowest BCUT2D eigenvalue weighted by atomic mass is 9.79. The summed E-state index contributed by atoms with van der Waals surface area (Å²) in [6.45, 7) is 5.55. The number of hydrogen-bond donors (Lipinski definition) is 2. The van der Waals surface area contributed by atoms with Crippen LogP contribution in [0.1, 0.15) is 80.8 Å². The topological polar surface area (TPSA) is 78.5 Å². The molecule has 4 rings (SSSR count). The molecule has 1 unspecified atom stereocenters. The second kappa shape index (κ2) is 8.93. The van der Waals surface area contributed by atoms with Crippen LogP contribution < -0.4 is 10.6 Å². The van der Waals surface area contributed by atoms with E-state index in [9.17, 15) is 18.8 Å². The van der Waals surface area contributed by atoms with Gasteiger partial charge < -0.3 is 10.2 Å². The summed E-state index contributed by atoms with van der Waals surface area (Å²) in [5.74, 6) is -0.380. The van der Waals surface area contributed by atoms with Gasteiger partial charge in [-0.15, -0.1) is 0 Å². The summed E-state index contributed by atoms with van der Waals surface area (Å²) >= 11 is 0. The van der Waals surface area contributed by atoms with Crippen LogP contribution in [0.15, 0.2) is 18.2 Å². The zero-order valence-corrected chi connectivity index (χ0v) is 19.2. The van der Waals surface area contributed by atoms with Gasteiger partial charge in [0.1, 0.15) is 11.7 Å². The molecule has 1 aromatic carbocycles. The van der Waals surface area contributed by atoms with E-state index >= 15 is 0 Å². The van der Waals surface area contributed by atoms with E-state index in [0.717, 1.165) is 31.2 Å². The van der Waals surface area contributed by atoms with Crippen LogP contribution in [0.2, 0.25) is 0 Å². The molecule has 0 radical (unpaired) electrons. The lowest BCUT2D eigenvalue weighted by Gasteiger charge is -2.37. The molecule has 2 heterocycles. The first-order chi connectivity index (χ1) is 15.1. The van der Waals surface area contributed by atoms with Crippen molar-refractivity contribution in [1.82, 2.24) is 15.5 Å². The van der Waals surface area contributed by atoms with Crippen molar-refractivity contribution in [2.45, 2.75) is 96.1 Å². The third-order valence-electron chi connectivity index (χ3n) is 7.49. The Labute approximate surface area is 189 Å². The second-order valence-electron chi connectivity index (χ2n) is 10.2. The number of alkyl halides is 1. The SMILES string of the molecule is C[C@@H](N[C@H]1CCCC[C@@H]1Cc1ccc2c(c1)CN(C1CCC(=O)NC1=O)C2=O)C(C)(C)F. The molecule has 0 aromatic heterocycles. The highest BCUT2D eigenvalue weighted by atomic mass is 19.1. The van der Waals surface area contributed by atoms with Crippen molar-refractivity contribution in [1.29, 1.82) is 0 Å². The first kappa shape index (κ1) is 22.9. The highest BCUT2D eigenvalue weighted by molar-refractivity contribution is 6.05. The summed E-state index contributed by atoms with van der Waals surface area (Å²) < 4.78 is 14.4. The van der Waals surface area contributed by atoms with E-state index in [1.165, 1.54) is 12.0 Å². The van der Waals surface area contributed by atoms with Crippen molar-refractivity contribution in [2.24, 2.45) is 5.92 Å². The van der Waals surface area contributed by atoms with Crippen molar-refractivity contribution in [3.05, 3.63) is 34.9 Å². The van der Waals surface area contributed by atoms with Gasteiger partial charge in [-0.2, -0.15) is 0 Å². The number of benzene rings is 1. The summed E-state index contributed by atoms with van der Waals surface area (Å²) in [5, 5.41) is 5.88. The Balaban J connectivity index is 1.45.